The van der Waals surface area contributed by atoms with Crippen LogP contribution in [-0.4, -0.2) is 86.7 Å². The summed E-state index contributed by atoms with van der Waals surface area (Å²) in [7, 11) is 0. The van der Waals surface area contributed by atoms with Crippen LogP contribution < -0.4 is 20.4 Å². The number of carbonyl (C=O) groups is 4. The van der Waals surface area contributed by atoms with Crippen LogP contribution in [0.5, 0.6) is 0 Å². The number of fused-ring (bicyclic) bond motifs is 6. The average Bonchev–Trinajstić information content (AvgIpc) is 3.05. The number of nitrogens with zero attached hydrogens (tertiary/aromatic N) is 4. The Morgan fingerprint density at radius 3 is 0.774 bits per heavy atom. The maximum atomic E-state index is 9.53. The Balaban J connectivity index is -0.000000189. The van der Waals surface area contributed by atoms with Gasteiger partial charge in [0.15, 0.2) is 0 Å². The number of benzene rings is 2. The predicted octanol–water partition coefficient (Wildman–Crippen LogP) is -5.75. The first-order valence-corrected chi connectivity index (χ1v) is 13.3. The van der Waals surface area contributed by atoms with Gasteiger partial charge in [-0.3, -0.25) is 19.9 Å². The molecule has 4 heterocycles. The van der Waals surface area contributed by atoms with Gasteiger partial charge in [-0.15, -0.1) is 0 Å². The largest absolute Gasteiger partial charge is 2.00 e. The molecule has 2 radical (unpaired) electrons. The van der Waals surface area contributed by atoms with Crippen LogP contribution in [0.2, 0.25) is 0 Å². The second-order valence-electron chi connectivity index (χ2n) is 8.91. The average molecular weight is 835 g/mol. The smallest absolute Gasteiger partial charge is 0.548 e. The zero-order valence-corrected chi connectivity index (χ0v) is 29.3. The third kappa shape index (κ3) is 19.8. The fraction of sp³-hybridized carbons (Fsp3) is 0.125. The van der Waals surface area contributed by atoms with E-state index in [2.05, 4.69) is 77.9 Å². The number of carbonyl (C=O) groups excluding carboxylic acids is 4. The Bertz CT molecular complexity index is 1690. The molecule has 19 nitrogen and oxygen atoms in total. The van der Waals surface area contributed by atoms with Crippen molar-refractivity contribution in [1.82, 2.24) is 19.9 Å². The number of hydrogen-bond donors (Lipinski definition) is 0. The molecule has 0 aliphatic heterocycles. The predicted molar refractivity (Wildman–Crippen MR) is 176 cm³/mol. The van der Waals surface area contributed by atoms with E-state index in [1.165, 1.54) is 0 Å². The summed E-state index contributed by atoms with van der Waals surface area (Å²) in [5.74, 6) is -5.79. The number of carboxylic acid groups (broad SMARTS) is 4. The minimum absolute atomic E-state index is 0. The van der Waals surface area contributed by atoms with Gasteiger partial charge in [-0.2, -0.15) is 0 Å². The number of hydrogen-bond acceptors (Lipinski definition) is 14. The first-order chi connectivity index (χ1) is 22.2. The summed E-state index contributed by atoms with van der Waals surface area (Å²) in [6, 6.07) is 24.3. The van der Waals surface area contributed by atoms with Gasteiger partial charge in [0.1, 0.15) is 0 Å². The van der Waals surface area contributed by atoms with Crippen LogP contribution >= 0.6 is 0 Å². The SMILES string of the molecule is O.O.O.O=C([O-])COCC(=O)[O-].O=C([O-])COCC(=O)[O-].[Co+2].[Co+2].[OH3+].[OH3+].c1cnc2c(c1)ccc1cccnc12.c1cnc2c(c1)ccc1cccnc12. The van der Waals surface area contributed by atoms with Crippen LogP contribution in [0.1, 0.15) is 0 Å². The summed E-state index contributed by atoms with van der Waals surface area (Å²) in [4.78, 5) is 55.5. The number of rotatable bonds is 8. The molecule has 6 aromatic rings. The molecular formula is C32H36Co2N4O15+2. The second kappa shape index (κ2) is 30.3. The summed E-state index contributed by atoms with van der Waals surface area (Å²) >= 11 is 0. The molecule has 0 bridgehead atoms. The standard InChI is InChI=1S/2C12H8N2.2C4H6O5.2Co.5H2O/c2*1-3-9-5-6-10-4-2-8-14-12(10)11(9)13-7-1;2*5-3(6)1-9-2-4(7)8;;;;;;;/h2*1-8H;2*1-2H2,(H,5,6)(H,7,8);;;5*1H2/q;;;;2*+2;;;;;/p-2. The fourth-order valence-electron chi connectivity index (χ4n) is 3.79. The zero-order chi connectivity index (χ0) is 33.3. The molecule has 290 valence electrons. The molecule has 21 heteroatoms. The Morgan fingerprint density at radius 1 is 0.415 bits per heavy atom. The summed E-state index contributed by atoms with van der Waals surface area (Å²) in [5, 5.41) is 42.7. The molecule has 0 saturated carbocycles. The first kappa shape index (κ1) is 57.0. The third-order valence-electron chi connectivity index (χ3n) is 5.57. The maximum absolute atomic E-state index is 9.53. The Kier molecular flexibility index (Phi) is 32.6. The zero-order valence-electron chi connectivity index (χ0n) is 27.3. The van der Waals surface area contributed by atoms with Crippen LogP contribution in [0.3, 0.4) is 0 Å². The molecule has 12 N–H and O–H groups in total. The van der Waals surface area contributed by atoms with E-state index in [-0.39, 0.29) is 60.9 Å². The van der Waals surface area contributed by atoms with Gasteiger partial charge in [0, 0.05) is 46.3 Å². The summed E-state index contributed by atoms with van der Waals surface area (Å²) in [5.41, 5.74) is 3.91. The van der Waals surface area contributed by atoms with Crippen molar-refractivity contribution >= 4 is 67.5 Å². The van der Waals surface area contributed by atoms with Crippen molar-refractivity contribution in [2.45, 2.75) is 0 Å². The van der Waals surface area contributed by atoms with E-state index in [9.17, 15) is 39.6 Å². The van der Waals surface area contributed by atoms with Crippen molar-refractivity contribution in [2.75, 3.05) is 26.4 Å². The van der Waals surface area contributed by atoms with Gasteiger partial charge >= 0.3 is 33.6 Å². The molecule has 0 atom stereocenters. The van der Waals surface area contributed by atoms with Gasteiger partial charge in [-0.05, 0) is 24.3 Å². The van der Waals surface area contributed by atoms with Gasteiger partial charge in [0.05, 0.1) is 72.4 Å². The molecule has 0 saturated heterocycles. The van der Waals surface area contributed by atoms with Crippen molar-refractivity contribution in [2.24, 2.45) is 0 Å². The summed E-state index contributed by atoms with van der Waals surface area (Å²) in [6.07, 6.45) is 7.21. The van der Waals surface area contributed by atoms with Crippen LogP contribution in [0.15, 0.2) is 97.6 Å². The van der Waals surface area contributed by atoms with Crippen molar-refractivity contribution in [1.29, 1.82) is 0 Å². The van der Waals surface area contributed by atoms with Crippen molar-refractivity contribution in [3.63, 3.8) is 0 Å². The van der Waals surface area contributed by atoms with E-state index in [0.29, 0.717) is 0 Å². The van der Waals surface area contributed by atoms with E-state index < -0.39 is 50.3 Å². The molecule has 0 spiro atoms. The maximum Gasteiger partial charge on any atom is 2.00 e. The normalized spacial score (nSPS) is 8.75. The quantitative estimate of drug-likeness (QED) is 0.102. The van der Waals surface area contributed by atoms with Crippen LogP contribution in [-0.2, 0) is 73.2 Å². The molecule has 2 aromatic carbocycles. The van der Waals surface area contributed by atoms with Crippen LogP contribution in [0.25, 0.3) is 43.6 Å². The topological polar surface area (TPSA) is 391 Å². The fourth-order valence-corrected chi connectivity index (χ4v) is 3.79. The van der Waals surface area contributed by atoms with Gasteiger partial charge in [-0.25, -0.2) is 0 Å². The van der Waals surface area contributed by atoms with Gasteiger partial charge in [0.2, 0.25) is 0 Å². The number of aliphatic carboxylic acids is 4. The molecular weight excluding hydrogens is 798 g/mol. The van der Waals surface area contributed by atoms with Crippen LogP contribution in [0.4, 0.5) is 0 Å². The number of pyridine rings is 4. The van der Waals surface area contributed by atoms with E-state index >= 15 is 0 Å². The second-order valence-corrected chi connectivity index (χ2v) is 8.91. The molecule has 53 heavy (non-hydrogen) atoms. The summed E-state index contributed by atoms with van der Waals surface area (Å²) < 4.78 is 8.06. The van der Waals surface area contributed by atoms with Crippen molar-refractivity contribution < 1.29 is 110 Å². The molecule has 6 rings (SSSR count). The number of carboxylic acids is 4. The molecule has 0 aliphatic rings. The molecule has 0 amide bonds. The van der Waals surface area contributed by atoms with E-state index in [4.69, 9.17) is 0 Å². The van der Waals surface area contributed by atoms with Gasteiger partial charge in [0.25, 0.3) is 0 Å². The first-order valence-electron chi connectivity index (χ1n) is 13.3. The van der Waals surface area contributed by atoms with Crippen molar-refractivity contribution in [3.05, 3.63) is 97.6 Å². The Hall–Kier alpha value is -5.31. The monoisotopic (exact) mass is 834 g/mol. The minimum atomic E-state index is -1.45. The van der Waals surface area contributed by atoms with Gasteiger partial charge < -0.3 is 76.5 Å². The van der Waals surface area contributed by atoms with Crippen molar-refractivity contribution in [3.8, 4) is 0 Å². The van der Waals surface area contributed by atoms with E-state index in [0.717, 1.165) is 43.6 Å². The van der Waals surface area contributed by atoms with Crippen LogP contribution in [0, 0.1) is 0 Å². The molecule has 0 unspecified atom stereocenters. The summed E-state index contributed by atoms with van der Waals surface area (Å²) in [6.45, 7) is -2.86. The third-order valence-corrected chi connectivity index (χ3v) is 5.57. The number of ether oxygens (including phenoxy) is 2. The molecule has 0 aliphatic carbocycles. The number of aromatic nitrogens is 4. The molecule has 0 fully saturated rings. The molecule has 4 aromatic heterocycles. The van der Waals surface area contributed by atoms with E-state index in [1.54, 1.807) is 24.8 Å². The van der Waals surface area contributed by atoms with Gasteiger partial charge in [-0.1, -0.05) is 48.5 Å². The Morgan fingerprint density at radius 2 is 0.604 bits per heavy atom. The Labute approximate surface area is 320 Å². The van der Waals surface area contributed by atoms with E-state index in [1.807, 2.05) is 24.3 Å². The minimum Gasteiger partial charge on any atom is -0.548 e.